The van der Waals surface area contributed by atoms with Crippen LogP contribution in [-0.2, 0) is 17.7 Å². The maximum atomic E-state index is 9.96. The highest BCUT2D eigenvalue weighted by molar-refractivity contribution is 4.88. The second kappa shape index (κ2) is 5.41. The summed E-state index contributed by atoms with van der Waals surface area (Å²) in [5.74, 6) is 1.38. The second-order valence-corrected chi connectivity index (χ2v) is 4.32. The smallest absolute Gasteiger partial charge is 0.138 e. The molecule has 5 nitrogen and oxygen atoms in total. The second-order valence-electron chi connectivity index (χ2n) is 4.32. The molecule has 5 heteroatoms. The Morgan fingerprint density at radius 3 is 3.25 bits per heavy atom. The summed E-state index contributed by atoms with van der Waals surface area (Å²) in [5, 5.41) is 14.1. The molecule has 0 amide bonds. The van der Waals surface area contributed by atoms with Crippen LogP contribution in [0.15, 0.2) is 6.33 Å². The summed E-state index contributed by atoms with van der Waals surface area (Å²) in [7, 11) is 0. The van der Waals surface area contributed by atoms with E-state index >= 15 is 0 Å². The summed E-state index contributed by atoms with van der Waals surface area (Å²) in [6.45, 7) is 4.45. The first-order valence-electron chi connectivity index (χ1n) is 5.92. The highest BCUT2D eigenvalue weighted by Gasteiger charge is 2.20. The summed E-state index contributed by atoms with van der Waals surface area (Å²) in [4.78, 5) is 4.16. The van der Waals surface area contributed by atoms with Crippen LogP contribution in [0.3, 0.4) is 0 Å². The first-order valence-corrected chi connectivity index (χ1v) is 5.92. The van der Waals surface area contributed by atoms with E-state index in [9.17, 15) is 5.11 Å². The van der Waals surface area contributed by atoms with Crippen molar-refractivity contribution in [1.29, 1.82) is 0 Å². The van der Waals surface area contributed by atoms with Gasteiger partial charge in [0.05, 0.1) is 6.10 Å². The molecule has 1 aliphatic rings. The van der Waals surface area contributed by atoms with Gasteiger partial charge in [0.1, 0.15) is 12.2 Å². The molecule has 1 N–H and O–H groups in total. The molecule has 1 saturated heterocycles. The van der Waals surface area contributed by atoms with Crippen molar-refractivity contribution in [2.75, 3.05) is 13.2 Å². The Labute approximate surface area is 95.4 Å². The van der Waals surface area contributed by atoms with Gasteiger partial charge in [-0.05, 0) is 25.7 Å². The Bertz CT molecular complexity index is 321. The summed E-state index contributed by atoms with van der Waals surface area (Å²) >= 11 is 0. The number of aliphatic hydroxyl groups is 1. The predicted octanol–water partition coefficient (Wildman–Crippen LogP) is 0.628. The van der Waals surface area contributed by atoms with Gasteiger partial charge in [-0.25, -0.2) is 4.98 Å². The van der Waals surface area contributed by atoms with Crippen molar-refractivity contribution in [1.82, 2.24) is 14.8 Å². The van der Waals surface area contributed by atoms with Crippen LogP contribution in [0.2, 0.25) is 0 Å². The Morgan fingerprint density at radius 1 is 1.69 bits per heavy atom. The minimum absolute atomic E-state index is 0.332. The molecule has 0 spiro atoms. The molecular weight excluding hydrogens is 206 g/mol. The van der Waals surface area contributed by atoms with Crippen molar-refractivity contribution >= 4 is 0 Å². The average Bonchev–Trinajstić information content (AvgIpc) is 2.88. The van der Waals surface area contributed by atoms with E-state index in [2.05, 4.69) is 10.1 Å². The van der Waals surface area contributed by atoms with E-state index < -0.39 is 0 Å². The third kappa shape index (κ3) is 2.80. The van der Waals surface area contributed by atoms with Gasteiger partial charge >= 0.3 is 0 Å². The van der Waals surface area contributed by atoms with Crippen LogP contribution in [0, 0.1) is 5.92 Å². The Hall–Kier alpha value is -0.940. The molecule has 0 bridgehead atoms. The molecule has 1 aromatic rings. The highest BCUT2D eigenvalue weighted by atomic mass is 16.5. The molecule has 0 aliphatic carbocycles. The number of hydrogen-bond donors (Lipinski definition) is 1. The minimum Gasteiger partial charge on any atom is -0.393 e. The molecular formula is C11H19N3O2. The predicted molar refractivity (Wildman–Crippen MR) is 58.9 cm³/mol. The number of rotatable bonds is 5. The van der Waals surface area contributed by atoms with Crippen molar-refractivity contribution in [2.24, 2.45) is 5.92 Å². The van der Waals surface area contributed by atoms with Gasteiger partial charge in [0.2, 0.25) is 0 Å². The quantitative estimate of drug-likeness (QED) is 0.798. The molecule has 2 heterocycles. The number of nitrogens with zero attached hydrogens (tertiary/aromatic N) is 3. The van der Waals surface area contributed by atoms with Gasteiger partial charge in [-0.15, -0.1) is 0 Å². The number of hydrogen-bond acceptors (Lipinski definition) is 4. The monoisotopic (exact) mass is 225 g/mol. The van der Waals surface area contributed by atoms with Crippen LogP contribution in [0.5, 0.6) is 0 Å². The van der Waals surface area contributed by atoms with E-state index in [1.165, 1.54) is 0 Å². The van der Waals surface area contributed by atoms with Crippen LogP contribution in [-0.4, -0.2) is 39.2 Å². The van der Waals surface area contributed by atoms with Gasteiger partial charge in [-0.3, -0.25) is 4.68 Å². The molecule has 1 fully saturated rings. The minimum atomic E-state index is -0.332. The number of ether oxygens (including phenoxy) is 1. The molecule has 2 rings (SSSR count). The van der Waals surface area contributed by atoms with Crippen molar-refractivity contribution in [3.63, 3.8) is 0 Å². The van der Waals surface area contributed by atoms with Crippen LogP contribution >= 0.6 is 0 Å². The average molecular weight is 225 g/mol. The van der Waals surface area contributed by atoms with Crippen LogP contribution in [0.4, 0.5) is 0 Å². The lowest BCUT2D eigenvalue weighted by atomic mass is 9.99. The van der Waals surface area contributed by atoms with Crippen molar-refractivity contribution in [3.8, 4) is 0 Å². The molecule has 0 aromatic carbocycles. The Balaban J connectivity index is 1.84. The third-order valence-electron chi connectivity index (χ3n) is 3.04. The first-order chi connectivity index (χ1) is 7.79. The molecule has 90 valence electrons. The lowest BCUT2D eigenvalue weighted by molar-refractivity contribution is 0.126. The Kier molecular flexibility index (Phi) is 3.90. The van der Waals surface area contributed by atoms with E-state index in [1.54, 1.807) is 6.33 Å². The molecule has 1 aliphatic heterocycles. The van der Waals surface area contributed by atoms with E-state index in [0.717, 1.165) is 38.4 Å². The van der Waals surface area contributed by atoms with Crippen LogP contribution < -0.4 is 0 Å². The summed E-state index contributed by atoms with van der Waals surface area (Å²) < 4.78 is 7.12. The van der Waals surface area contributed by atoms with E-state index in [1.807, 2.05) is 11.6 Å². The van der Waals surface area contributed by atoms with Crippen LogP contribution in [0.25, 0.3) is 0 Å². The fraction of sp³-hybridized carbons (Fsp3) is 0.818. The normalized spacial score (nSPS) is 22.5. The van der Waals surface area contributed by atoms with Crippen molar-refractivity contribution in [3.05, 3.63) is 12.2 Å². The SMILES string of the molecule is CCn1ncnc1CC(O)CC1CCOC1. The topological polar surface area (TPSA) is 60.2 Å². The molecule has 1 aromatic heterocycles. The van der Waals surface area contributed by atoms with Crippen molar-refractivity contribution < 1.29 is 9.84 Å². The van der Waals surface area contributed by atoms with Gasteiger partial charge in [-0.1, -0.05) is 0 Å². The summed E-state index contributed by atoms with van der Waals surface area (Å²) in [6, 6.07) is 0. The summed E-state index contributed by atoms with van der Waals surface area (Å²) in [5.41, 5.74) is 0. The van der Waals surface area contributed by atoms with E-state index in [4.69, 9.17) is 4.74 Å². The third-order valence-corrected chi connectivity index (χ3v) is 3.04. The first kappa shape index (κ1) is 11.5. The van der Waals surface area contributed by atoms with E-state index in [-0.39, 0.29) is 6.10 Å². The van der Waals surface area contributed by atoms with E-state index in [0.29, 0.717) is 12.3 Å². The fourth-order valence-electron chi connectivity index (χ4n) is 2.16. The lowest BCUT2D eigenvalue weighted by Crippen LogP contribution is -2.19. The maximum absolute atomic E-state index is 9.96. The molecule has 16 heavy (non-hydrogen) atoms. The standard InChI is InChI=1S/C11H19N3O2/c1-2-14-11(12-8-13-14)6-10(15)5-9-3-4-16-7-9/h8-10,15H,2-7H2,1H3. The highest BCUT2D eigenvalue weighted by Crippen LogP contribution is 2.19. The number of aryl methyl sites for hydroxylation is 1. The molecule has 0 radical (unpaired) electrons. The van der Waals surface area contributed by atoms with Gasteiger partial charge in [-0.2, -0.15) is 5.10 Å². The zero-order valence-electron chi connectivity index (χ0n) is 9.67. The number of aromatic nitrogens is 3. The molecule has 2 atom stereocenters. The zero-order chi connectivity index (χ0) is 11.4. The van der Waals surface area contributed by atoms with Crippen LogP contribution in [0.1, 0.15) is 25.6 Å². The largest absolute Gasteiger partial charge is 0.393 e. The fourth-order valence-corrected chi connectivity index (χ4v) is 2.16. The maximum Gasteiger partial charge on any atom is 0.138 e. The van der Waals surface area contributed by atoms with Gasteiger partial charge in [0.25, 0.3) is 0 Å². The Morgan fingerprint density at radius 2 is 2.56 bits per heavy atom. The summed E-state index contributed by atoms with van der Waals surface area (Å²) in [6.07, 6.45) is 3.67. The van der Waals surface area contributed by atoms with Gasteiger partial charge in [0.15, 0.2) is 0 Å². The van der Waals surface area contributed by atoms with Gasteiger partial charge in [0, 0.05) is 26.2 Å². The van der Waals surface area contributed by atoms with Crippen molar-refractivity contribution in [2.45, 2.75) is 38.8 Å². The molecule has 0 saturated carbocycles. The number of aliphatic hydroxyl groups excluding tert-OH is 1. The van der Waals surface area contributed by atoms with Gasteiger partial charge < -0.3 is 9.84 Å². The lowest BCUT2D eigenvalue weighted by Gasteiger charge is -2.14. The molecule has 2 unspecified atom stereocenters. The zero-order valence-corrected chi connectivity index (χ0v) is 9.67.